The quantitative estimate of drug-likeness (QED) is 0.632. The van der Waals surface area contributed by atoms with Crippen LogP contribution in [0.4, 0.5) is 11.6 Å². The number of fused-ring (bicyclic) bond motifs is 2. The Kier molecular flexibility index (Phi) is 4.65. The molecule has 3 heterocycles. The second kappa shape index (κ2) is 7.08. The fourth-order valence-corrected chi connectivity index (χ4v) is 5.20. The first-order valence-electron chi connectivity index (χ1n) is 10.8. The van der Waals surface area contributed by atoms with Crippen LogP contribution in [0.3, 0.4) is 0 Å². The van der Waals surface area contributed by atoms with Gasteiger partial charge in [0.2, 0.25) is 5.95 Å². The molecule has 5 rings (SSSR count). The summed E-state index contributed by atoms with van der Waals surface area (Å²) < 4.78 is 24.9. The van der Waals surface area contributed by atoms with E-state index in [0.717, 1.165) is 30.6 Å². The second-order valence-electron chi connectivity index (χ2n) is 9.19. The summed E-state index contributed by atoms with van der Waals surface area (Å²) in [4.78, 5) is 16.1. The largest absolute Gasteiger partial charge is 0.384 e. The van der Waals surface area contributed by atoms with Gasteiger partial charge in [0.05, 0.1) is 22.0 Å². The third-order valence-electron chi connectivity index (χ3n) is 6.44. The summed E-state index contributed by atoms with van der Waals surface area (Å²) in [5.74, 6) is 0.613. The van der Waals surface area contributed by atoms with Gasteiger partial charge in [-0.05, 0) is 56.5 Å². The summed E-state index contributed by atoms with van der Waals surface area (Å²) in [6.45, 7) is 5.81. The molecule has 8 heteroatoms. The van der Waals surface area contributed by atoms with Gasteiger partial charge in [0, 0.05) is 35.6 Å². The number of aromatic nitrogens is 3. The second-order valence-corrected chi connectivity index (χ2v) is 11.5. The highest BCUT2D eigenvalue weighted by molar-refractivity contribution is 7.91. The van der Waals surface area contributed by atoms with Crippen molar-refractivity contribution in [1.29, 1.82) is 0 Å². The van der Waals surface area contributed by atoms with Crippen molar-refractivity contribution in [1.82, 2.24) is 15.0 Å². The minimum absolute atomic E-state index is 0.0683. The molecule has 0 unspecified atom stereocenters. The van der Waals surface area contributed by atoms with Crippen LogP contribution >= 0.6 is 0 Å². The summed E-state index contributed by atoms with van der Waals surface area (Å²) in [7, 11) is -3.30. The molecule has 1 aromatic carbocycles. The van der Waals surface area contributed by atoms with Gasteiger partial charge in [0.1, 0.15) is 5.60 Å². The Morgan fingerprint density at radius 2 is 1.84 bits per heavy atom. The maximum Gasteiger partial charge on any atom is 0.229 e. The monoisotopic (exact) mass is 450 g/mol. The lowest BCUT2D eigenvalue weighted by Gasteiger charge is -2.19. The zero-order chi connectivity index (χ0) is 22.7. The maximum absolute atomic E-state index is 12.4. The molecule has 0 bridgehead atoms. The minimum Gasteiger partial charge on any atom is -0.384 e. The molecule has 2 aliphatic rings. The SMILES string of the molecule is CCS(=O)(=O)c1ccc2c(c1)N(c1ncc(-c3cccc(C(C)(C)O)n3)cn1)CC21CC1. The molecule has 7 nitrogen and oxygen atoms in total. The van der Waals surface area contributed by atoms with Crippen molar-refractivity contribution in [2.75, 3.05) is 17.2 Å². The van der Waals surface area contributed by atoms with E-state index in [4.69, 9.17) is 0 Å². The molecular weight excluding hydrogens is 424 g/mol. The number of benzene rings is 1. The lowest BCUT2D eigenvalue weighted by molar-refractivity contribution is 0.0740. The standard InChI is InChI=1S/C24H26N4O3S/c1-4-32(30,31)17-8-9-18-20(12-17)28(15-24(18)10-11-24)22-25-13-16(14-26-22)19-6-5-7-21(27-19)23(2,3)29/h5-9,12-14,29H,4,10-11,15H2,1-3H3. The van der Waals surface area contributed by atoms with Crippen LogP contribution < -0.4 is 4.90 Å². The average Bonchev–Trinajstić information content (AvgIpc) is 3.50. The van der Waals surface area contributed by atoms with Gasteiger partial charge in [0.25, 0.3) is 0 Å². The summed E-state index contributed by atoms with van der Waals surface area (Å²) in [6.07, 6.45) is 5.62. The Morgan fingerprint density at radius 1 is 1.12 bits per heavy atom. The molecule has 1 aliphatic carbocycles. The van der Waals surface area contributed by atoms with E-state index in [-0.39, 0.29) is 11.2 Å². The van der Waals surface area contributed by atoms with Crippen molar-refractivity contribution >= 4 is 21.5 Å². The van der Waals surface area contributed by atoms with Crippen molar-refractivity contribution in [2.45, 2.75) is 49.5 Å². The van der Waals surface area contributed by atoms with Crippen LogP contribution in [0, 0.1) is 0 Å². The smallest absolute Gasteiger partial charge is 0.229 e. The topological polar surface area (TPSA) is 96.3 Å². The van der Waals surface area contributed by atoms with E-state index < -0.39 is 15.4 Å². The first-order chi connectivity index (χ1) is 15.1. The first kappa shape index (κ1) is 21.0. The Hall–Kier alpha value is -2.84. The highest BCUT2D eigenvalue weighted by atomic mass is 32.2. The van der Waals surface area contributed by atoms with Crippen LogP contribution in [0.2, 0.25) is 0 Å². The van der Waals surface area contributed by atoms with Gasteiger partial charge in [-0.25, -0.2) is 23.4 Å². The van der Waals surface area contributed by atoms with E-state index in [2.05, 4.69) is 15.0 Å². The lowest BCUT2D eigenvalue weighted by atomic mass is 9.99. The summed E-state index contributed by atoms with van der Waals surface area (Å²) in [5, 5.41) is 10.3. The van der Waals surface area contributed by atoms with Crippen molar-refractivity contribution in [3.8, 4) is 11.3 Å². The summed E-state index contributed by atoms with van der Waals surface area (Å²) >= 11 is 0. The van der Waals surface area contributed by atoms with Crippen LogP contribution in [0.5, 0.6) is 0 Å². The molecule has 1 spiro atoms. The van der Waals surface area contributed by atoms with E-state index >= 15 is 0 Å². The molecule has 32 heavy (non-hydrogen) atoms. The fraction of sp³-hybridized carbons (Fsp3) is 0.375. The van der Waals surface area contributed by atoms with Gasteiger partial charge in [-0.1, -0.05) is 19.1 Å². The van der Waals surface area contributed by atoms with Crippen LogP contribution in [0.1, 0.15) is 44.9 Å². The Balaban J connectivity index is 1.50. The average molecular weight is 451 g/mol. The van der Waals surface area contributed by atoms with E-state index in [1.54, 1.807) is 51.4 Å². The van der Waals surface area contributed by atoms with Crippen molar-refractivity contribution in [3.63, 3.8) is 0 Å². The van der Waals surface area contributed by atoms with Gasteiger partial charge in [-0.15, -0.1) is 0 Å². The van der Waals surface area contributed by atoms with Gasteiger partial charge < -0.3 is 10.0 Å². The third-order valence-corrected chi connectivity index (χ3v) is 8.17. The molecule has 1 N–H and O–H groups in total. The lowest BCUT2D eigenvalue weighted by Crippen LogP contribution is -2.21. The van der Waals surface area contributed by atoms with Gasteiger partial charge in [-0.3, -0.25) is 0 Å². The zero-order valence-corrected chi connectivity index (χ0v) is 19.2. The third kappa shape index (κ3) is 3.47. The predicted octanol–water partition coefficient (Wildman–Crippen LogP) is 3.74. The Morgan fingerprint density at radius 3 is 2.47 bits per heavy atom. The number of sulfone groups is 1. The summed E-state index contributed by atoms with van der Waals surface area (Å²) in [5.41, 5.74) is 3.12. The van der Waals surface area contributed by atoms with Crippen LogP contribution in [0.15, 0.2) is 53.7 Å². The molecule has 0 amide bonds. The van der Waals surface area contributed by atoms with E-state index in [1.807, 2.05) is 23.1 Å². The zero-order valence-electron chi connectivity index (χ0n) is 18.4. The molecule has 1 aliphatic heterocycles. The maximum atomic E-state index is 12.4. The van der Waals surface area contributed by atoms with Gasteiger partial charge in [0.15, 0.2) is 9.84 Å². The van der Waals surface area contributed by atoms with Crippen molar-refractivity contribution < 1.29 is 13.5 Å². The van der Waals surface area contributed by atoms with Crippen molar-refractivity contribution in [3.05, 3.63) is 60.0 Å². The molecule has 3 aromatic rings. The normalized spacial score (nSPS) is 16.9. The van der Waals surface area contributed by atoms with Gasteiger partial charge >= 0.3 is 0 Å². The summed E-state index contributed by atoms with van der Waals surface area (Å²) in [6, 6.07) is 11.0. The Labute approximate surface area is 188 Å². The van der Waals surface area contributed by atoms with E-state index in [0.29, 0.717) is 22.2 Å². The molecule has 166 valence electrons. The van der Waals surface area contributed by atoms with E-state index in [1.165, 1.54) is 5.56 Å². The number of hydrogen-bond donors (Lipinski definition) is 1. The predicted molar refractivity (Wildman–Crippen MR) is 123 cm³/mol. The number of aliphatic hydroxyl groups is 1. The number of nitrogens with zero attached hydrogens (tertiary/aromatic N) is 4. The van der Waals surface area contributed by atoms with Gasteiger partial charge in [-0.2, -0.15) is 0 Å². The Bertz CT molecular complexity index is 1290. The molecule has 0 atom stereocenters. The van der Waals surface area contributed by atoms with E-state index in [9.17, 15) is 13.5 Å². The first-order valence-corrected chi connectivity index (χ1v) is 12.5. The number of pyridine rings is 1. The molecule has 0 saturated heterocycles. The molecule has 1 fully saturated rings. The number of anilines is 2. The van der Waals surface area contributed by atoms with Crippen LogP contribution in [-0.4, -0.2) is 40.8 Å². The van der Waals surface area contributed by atoms with Crippen LogP contribution in [0.25, 0.3) is 11.3 Å². The fourth-order valence-electron chi connectivity index (χ4n) is 4.30. The molecule has 1 saturated carbocycles. The number of hydrogen-bond acceptors (Lipinski definition) is 7. The molecule has 0 radical (unpaired) electrons. The molecule has 2 aromatic heterocycles. The minimum atomic E-state index is -3.30. The number of rotatable bonds is 5. The highest BCUT2D eigenvalue weighted by Gasteiger charge is 2.52. The highest BCUT2D eigenvalue weighted by Crippen LogP contribution is 2.58. The van der Waals surface area contributed by atoms with Crippen LogP contribution in [-0.2, 0) is 20.9 Å². The molecular formula is C24H26N4O3S. The van der Waals surface area contributed by atoms with Crippen molar-refractivity contribution in [2.24, 2.45) is 0 Å².